The van der Waals surface area contributed by atoms with E-state index in [1.54, 1.807) is 36.5 Å². The molecule has 5 rings (SSSR count). The summed E-state index contributed by atoms with van der Waals surface area (Å²) in [6.45, 7) is 2.44. The van der Waals surface area contributed by atoms with Crippen molar-refractivity contribution in [2.45, 2.75) is 38.6 Å². The number of fused-ring (bicyclic) bond motifs is 1. The van der Waals surface area contributed by atoms with E-state index in [2.05, 4.69) is 4.98 Å². The highest BCUT2D eigenvalue weighted by atomic mass is 16.5. The number of hydrogen-bond donors (Lipinski definition) is 1. The van der Waals surface area contributed by atoms with Gasteiger partial charge in [-0.2, -0.15) is 0 Å². The monoisotopic (exact) mass is 508 g/mol. The molecule has 38 heavy (non-hydrogen) atoms. The topological polar surface area (TPSA) is 89.0 Å². The van der Waals surface area contributed by atoms with E-state index in [0.717, 1.165) is 22.3 Å². The molecule has 4 aromatic rings. The van der Waals surface area contributed by atoms with Gasteiger partial charge in [-0.1, -0.05) is 78.9 Å². The fraction of sp³-hybridized carbons (Fsp3) is 0.194. The van der Waals surface area contributed by atoms with Gasteiger partial charge in [0, 0.05) is 36.4 Å². The molecular weight excluding hydrogens is 480 g/mol. The van der Waals surface area contributed by atoms with Crippen LogP contribution in [0.25, 0.3) is 0 Å². The minimum absolute atomic E-state index is 0.127. The molecule has 1 aliphatic heterocycles. The van der Waals surface area contributed by atoms with E-state index >= 15 is 0 Å². The van der Waals surface area contributed by atoms with Crippen molar-refractivity contribution in [1.29, 1.82) is 0 Å². The molecule has 3 aromatic carbocycles. The Balaban J connectivity index is 1.47. The molecule has 0 aliphatic carbocycles. The van der Waals surface area contributed by atoms with Gasteiger partial charge in [-0.05, 0) is 29.7 Å². The van der Waals surface area contributed by atoms with Gasteiger partial charge in [0.15, 0.2) is 0 Å². The van der Waals surface area contributed by atoms with E-state index in [-0.39, 0.29) is 18.8 Å². The van der Waals surface area contributed by atoms with Gasteiger partial charge in [-0.3, -0.25) is 4.79 Å². The van der Waals surface area contributed by atoms with Crippen LogP contribution in [0.5, 0.6) is 11.6 Å². The maximum Gasteiger partial charge on any atom is 0.326 e. The van der Waals surface area contributed by atoms with Crippen LogP contribution < -0.4 is 9.47 Å². The molecule has 2 atom stereocenters. The Morgan fingerprint density at radius 3 is 2.37 bits per heavy atom. The van der Waals surface area contributed by atoms with E-state index in [1.807, 2.05) is 67.6 Å². The third-order valence-corrected chi connectivity index (χ3v) is 6.67. The van der Waals surface area contributed by atoms with Crippen molar-refractivity contribution in [3.8, 4) is 11.6 Å². The zero-order valence-corrected chi connectivity index (χ0v) is 21.0. The van der Waals surface area contributed by atoms with Crippen molar-refractivity contribution in [3.05, 3.63) is 125 Å². The van der Waals surface area contributed by atoms with Crippen LogP contribution in [0, 0.1) is 6.92 Å². The number of pyridine rings is 1. The summed E-state index contributed by atoms with van der Waals surface area (Å²) in [6.07, 6.45) is 0.667. The summed E-state index contributed by atoms with van der Waals surface area (Å²) in [7, 11) is 0. The molecule has 0 bridgehead atoms. The summed E-state index contributed by atoms with van der Waals surface area (Å²) in [6, 6.07) is 26.9. The normalized spacial score (nSPS) is 15.3. The Hall–Kier alpha value is -4.65. The van der Waals surface area contributed by atoms with Gasteiger partial charge in [0.25, 0.3) is 5.91 Å². The molecule has 7 nitrogen and oxygen atoms in total. The third kappa shape index (κ3) is 5.37. The number of carboxylic acid groups (broad SMARTS) is 1. The number of aryl methyl sites for hydroxylation is 1. The first-order valence-corrected chi connectivity index (χ1v) is 12.4. The Bertz CT molecular complexity index is 1410. The molecule has 7 heteroatoms. The standard InChI is InChI=1S/C31H28N2O5/c1-21-15-16-24-19-33(26(31(35)36)18-25(24)28(21)37-20-22-10-4-2-5-11-22)30(34)29(23-12-6-3-7-13-23)38-27-14-8-9-17-32-27/h2-17,26,29H,18-20H2,1H3,(H,35,36)/t26-,29-/m1/s1. The number of aromatic nitrogens is 1. The number of rotatable bonds is 8. The molecule has 2 heterocycles. The van der Waals surface area contributed by atoms with E-state index in [1.165, 1.54) is 4.90 Å². The van der Waals surface area contributed by atoms with Crippen LogP contribution in [-0.4, -0.2) is 32.9 Å². The van der Waals surface area contributed by atoms with Crippen LogP contribution in [0.2, 0.25) is 0 Å². The van der Waals surface area contributed by atoms with Crippen LogP contribution in [0.15, 0.2) is 97.2 Å². The molecule has 1 aromatic heterocycles. The highest BCUT2D eigenvalue weighted by molar-refractivity contribution is 5.88. The van der Waals surface area contributed by atoms with Crippen molar-refractivity contribution in [2.24, 2.45) is 0 Å². The molecule has 0 fully saturated rings. The van der Waals surface area contributed by atoms with Crippen molar-refractivity contribution in [3.63, 3.8) is 0 Å². The fourth-order valence-corrected chi connectivity index (χ4v) is 4.71. The van der Waals surface area contributed by atoms with E-state index in [0.29, 0.717) is 17.9 Å². The van der Waals surface area contributed by atoms with E-state index in [9.17, 15) is 14.7 Å². The number of ether oxygens (including phenoxy) is 2. The smallest absolute Gasteiger partial charge is 0.326 e. The number of nitrogens with zero attached hydrogens (tertiary/aromatic N) is 2. The number of carbonyl (C=O) groups is 2. The largest absolute Gasteiger partial charge is 0.488 e. The van der Waals surface area contributed by atoms with E-state index in [4.69, 9.17) is 9.47 Å². The zero-order chi connectivity index (χ0) is 26.5. The number of carboxylic acids is 1. The molecule has 1 N–H and O–H groups in total. The second kappa shape index (κ2) is 11.2. The number of amides is 1. The number of carbonyl (C=O) groups excluding carboxylic acids is 1. The Kier molecular flexibility index (Phi) is 7.35. The molecule has 1 aliphatic rings. The quantitative estimate of drug-likeness (QED) is 0.355. The van der Waals surface area contributed by atoms with E-state index < -0.39 is 24.0 Å². The summed E-state index contributed by atoms with van der Waals surface area (Å²) < 4.78 is 12.3. The zero-order valence-electron chi connectivity index (χ0n) is 21.0. The predicted molar refractivity (Wildman–Crippen MR) is 142 cm³/mol. The number of hydrogen-bond acceptors (Lipinski definition) is 5. The highest BCUT2D eigenvalue weighted by Gasteiger charge is 2.40. The molecule has 0 saturated carbocycles. The Labute approximate surface area is 221 Å². The molecule has 0 saturated heterocycles. The van der Waals surface area contributed by atoms with Crippen LogP contribution in [0.1, 0.15) is 33.9 Å². The first-order valence-electron chi connectivity index (χ1n) is 12.4. The minimum atomic E-state index is -1.08. The van der Waals surface area contributed by atoms with Gasteiger partial charge in [0.05, 0.1) is 0 Å². The van der Waals surface area contributed by atoms with Crippen molar-refractivity contribution in [2.75, 3.05) is 0 Å². The van der Waals surface area contributed by atoms with Crippen LogP contribution in [0.4, 0.5) is 0 Å². The lowest BCUT2D eigenvalue weighted by molar-refractivity contribution is -0.155. The lowest BCUT2D eigenvalue weighted by Crippen LogP contribution is -2.51. The molecule has 0 spiro atoms. The highest BCUT2D eigenvalue weighted by Crippen LogP contribution is 2.36. The van der Waals surface area contributed by atoms with Gasteiger partial charge in [0.1, 0.15) is 18.4 Å². The number of aliphatic carboxylic acids is 1. The van der Waals surface area contributed by atoms with Crippen molar-refractivity contribution in [1.82, 2.24) is 9.88 Å². The summed E-state index contributed by atoms with van der Waals surface area (Å²) in [4.78, 5) is 32.0. The van der Waals surface area contributed by atoms with Crippen LogP contribution >= 0.6 is 0 Å². The SMILES string of the molecule is Cc1ccc2c(c1OCc1ccccc1)C[C@H](C(=O)O)N(C(=O)[C@H](Oc1ccccn1)c1ccccc1)C2. The second-order valence-electron chi connectivity index (χ2n) is 9.22. The Morgan fingerprint density at radius 2 is 1.68 bits per heavy atom. The average Bonchev–Trinajstić information content (AvgIpc) is 2.96. The first-order chi connectivity index (χ1) is 18.5. The van der Waals surface area contributed by atoms with Gasteiger partial charge < -0.3 is 19.5 Å². The average molecular weight is 509 g/mol. The lowest BCUT2D eigenvalue weighted by atomic mass is 9.90. The van der Waals surface area contributed by atoms with Crippen molar-refractivity contribution < 1.29 is 24.2 Å². The predicted octanol–water partition coefficient (Wildman–Crippen LogP) is 5.13. The molecular formula is C31H28N2O5. The van der Waals surface area contributed by atoms with Gasteiger partial charge in [-0.25, -0.2) is 9.78 Å². The molecule has 192 valence electrons. The molecule has 0 radical (unpaired) electrons. The fourth-order valence-electron chi connectivity index (χ4n) is 4.71. The minimum Gasteiger partial charge on any atom is -0.488 e. The maximum absolute atomic E-state index is 14.0. The van der Waals surface area contributed by atoms with Gasteiger partial charge in [-0.15, -0.1) is 0 Å². The van der Waals surface area contributed by atoms with Crippen LogP contribution in [0.3, 0.4) is 0 Å². The summed E-state index contributed by atoms with van der Waals surface area (Å²) >= 11 is 0. The molecule has 0 unspecified atom stereocenters. The number of benzene rings is 3. The second-order valence-corrected chi connectivity index (χ2v) is 9.22. The third-order valence-electron chi connectivity index (χ3n) is 6.67. The molecule has 1 amide bonds. The summed E-state index contributed by atoms with van der Waals surface area (Å²) in [5, 5.41) is 10.2. The van der Waals surface area contributed by atoms with Crippen LogP contribution in [-0.2, 0) is 29.2 Å². The summed E-state index contributed by atoms with van der Waals surface area (Å²) in [5.74, 6) is -0.559. The first kappa shape index (κ1) is 25.0. The van der Waals surface area contributed by atoms with Crippen molar-refractivity contribution >= 4 is 11.9 Å². The maximum atomic E-state index is 14.0. The summed E-state index contributed by atoms with van der Waals surface area (Å²) in [5.41, 5.74) is 4.23. The lowest BCUT2D eigenvalue weighted by Gasteiger charge is -2.37. The van der Waals surface area contributed by atoms with Gasteiger partial charge >= 0.3 is 5.97 Å². The van der Waals surface area contributed by atoms with Gasteiger partial charge in [0.2, 0.25) is 12.0 Å². The Morgan fingerprint density at radius 1 is 0.974 bits per heavy atom.